The molecule has 4 nitrogen and oxygen atoms in total. The van der Waals surface area contributed by atoms with E-state index in [-0.39, 0.29) is 11.7 Å². The average molecular weight is 478 g/mol. The molecule has 4 aromatic rings. The highest BCUT2D eigenvalue weighted by atomic mass is 16.5. The molecule has 0 saturated heterocycles. The Morgan fingerprint density at radius 3 is 2.17 bits per heavy atom. The summed E-state index contributed by atoms with van der Waals surface area (Å²) >= 11 is 0. The molecule has 1 aliphatic carbocycles. The molecule has 1 saturated carbocycles. The monoisotopic (exact) mass is 477 g/mol. The number of nitrogens with zero attached hydrogens (tertiary/aromatic N) is 1. The average Bonchev–Trinajstić information content (AvgIpc) is 2.93. The molecule has 0 spiro atoms. The quantitative estimate of drug-likeness (QED) is 0.293. The van der Waals surface area contributed by atoms with Crippen molar-refractivity contribution in [3.8, 4) is 17.2 Å². The molecule has 0 radical (unpaired) electrons. The second-order valence-corrected chi connectivity index (χ2v) is 9.43. The van der Waals surface area contributed by atoms with Crippen LogP contribution in [0.25, 0.3) is 0 Å². The first-order valence-corrected chi connectivity index (χ1v) is 12.7. The lowest BCUT2D eigenvalue weighted by Crippen LogP contribution is -2.30. The van der Waals surface area contributed by atoms with E-state index in [0.717, 1.165) is 11.3 Å². The van der Waals surface area contributed by atoms with Gasteiger partial charge in [-0.1, -0.05) is 67.8 Å². The zero-order chi connectivity index (χ0) is 24.7. The van der Waals surface area contributed by atoms with Crippen molar-refractivity contribution >= 4 is 11.6 Å². The van der Waals surface area contributed by atoms with Crippen molar-refractivity contribution in [1.82, 2.24) is 0 Å². The van der Waals surface area contributed by atoms with E-state index < -0.39 is 0 Å². The number of hydrogen-bond acceptors (Lipinski definition) is 3. The normalized spacial score (nSPS) is 13.8. The third kappa shape index (κ3) is 5.77. The molecule has 1 aliphatic rings. The first-order chi connectivity index (χ1) is 17.7. The molecular weight excluding hydrogens is 446 g/mol. The summed E-state index contributed by atoms with van der Waals surface area (Å²) in [5.74, 6) is 2.05. The lowest BCUT2D eigenvalue weighted by Gasteiger charge is -2.25. The Morgan fingerprint density at radius 1 is 0.778 bits per heavy atom. The van der Waals surface area contributed by atoms with Crippen molar-refractivity contribution in [1.29, 1.82) is 0 Å². The molecule has 1 amide bonds. The largest absolute Gasteiger partial charge is 0.508 e. The number of anilines is 1. The summed E-state index contributed by atoms with van der Waals surface area (Å²) in [5, 5.41) is 10.1. The van der Waals surface area contributed by atoms with Crippen molar-refractivity contribution < 1.29 is 14.6 Å². The number of carbonyl (C=O) groups is 1. The van der Waals surface area contributed by atoms with Crippen molar-refractivity contribution in [3.05, 3.63) is 120 Å². The molecule has 1 N–H and O–H groups in total. The van der Waals surface area contributed by atoms with Crippen molar-refractivity contribution in [2.45, 2.75) is 44.6 Å². The van der Waals surface area contributed by atoms with Crippen LogP contribution in [-0.2, 0) is 6.54 Å². The van der Waals surface area contributed by atoms with E-state index in [0.29, 0.717) is 29.5 Å². The van der Waals surface area contributed by atoms with E-state index in [2.05, 4.69) is 24.3 Å². The molecule has 0 bridgehead atoms. The third-order valence-electron chi connectivity index (χ3n) is 6.86. The van der Waals surface area contributed by atoms with Crippen molar-refractivity contribution in [2.75, 3.05) is 4.90 Å². The van der Waals surface area contributed by atoms with Crippen LogP contribution in [0.15, 0.2) is 103 Å². The third-order valence-corrected chi connectivity index (χ3v) is 6.86. The summed E-state index contributed by atoms with van der Waals surface area (Å²) in [5.41, 5.74) is 3.65. The van der Waals surface area contributed by atoms with Crippen LogP contribution in [-0.4, -0.2) is 11.0 Å². The van der Waals surface area contributed by atoms with E-state index in [1.165, 1.54) is 37.7 Å². The number of phenolic OH excluding ortho intramolecular Hbond substituents is 1. The fraction of sp³-hybridized carbons (Fsp3) is 0.219. The summed E-state index contributed by atoms with van der Waals surface area (Å²) < 4.78 is 5.87. The summed E-state index contributed by atoms with van der Waals surface area (Å²) in [7, 11) is 0. The van der Waals surface area contributed by atoms with Gasteiger partial charge in [-0.05, 0) is 78.4 Å². The van der Waals surface area contributed by atoms with Gasteiger partial charge in [0.05, 0.1) is 6.54 Å². The van der Waals surface area contributed by atoms with E-state index in [1.54, 1.807) is 47.4 Å². The van der Waals surface area contributed by atoms with Gasteiger partial charge >= 0.3 is 0 Å². The highest BCUT2D eigenvalue weighted by Gasteiger charge is 2.20. The summed E-state index contributed by atoms with van der Waals surface area (Å²) in [6.45, 7) is 0.412. The molecule has 0 unspecified atom stereocenters. The maximum Gasteiger partial charge on any atom is 0.258 e. The van der Waals surface area contributed by atoms with E-state index in [1.807, 2.05) is 36.4 Å². The van der Waals surface area contributed by atoms with Gasteiger partial charge in [0.15, 0.2) is 0 Å². The minimum absolute atomic E-state index is 0.129. The van der Waals surface area contributed by atoms with Crippen molar-refractivity contribution in [2.24, 2.45) is 0 Å². The molecule has 0 heterocycles. The Hall–Kier alpha value is -4.05. The van der Waals surface area contributed by atoms with Crippen LogP contribution in [0.4, 0.5) is 5.69 Å². The number of ether oxygens (including phenoxy) is 1. The SMILES string of the molecule is O=C(c1ccc(Oc2ccccc2)cc1)N(Cc1ccc(C2CCCCC2)cc1)c1cccc(O)c1. The highest BCUT2D eigenvalue weighted by molar-refractivity contribution is 6.06. The number of carbonyl (C=O) groups excluding carboxylic acids is 1. The Bertz CT molecular complexity index is 1280. The van der Waals surface area contributed by atoms with Crippen LogP contribution in [0.5, 0.6) is 17.2 Å². The minimum Gasteiger partial charge on any atom is -0.508 e. The summed E-state index contributed by atoms with van der Waals surface area (Å²) in [6.07, 6.45) is 6.48. The van der Waals surface area contributed by atoms with Crippen LogP contribution in [0.2, 0.25) is 0 Å². The standard InChI is InChI=1S/C32H31NO3/c34-29-11-7-10-28(22-29)33(23-24-14-16-26(17-15-24)25-8-3-1-4-9-25)32(35)27-18-20-31(21-19-27)36-30-12-5-2-6-13-30/h2,5-7,10-22,25,34H,1,3-4,8-9,23H2. The number of rotatable bonds is 7. The lowest BCUT2D eigenvalue weighted by molar-refractivity contribution is 0.0985. The second-order valence-electron chi connectivity index (χ2n) is 9.43. The van der Waals surface area contributed by atoms with Crippen LogP contribution < -0.4 is 9.64 Å². The number of amides is 1. The van der Waals surface area contributed by atoms with Gasteiger partial charge in [0.1, 0.15) is 17.2 Å². The van der Waals surface area contributed by atoms with E-state index in [4.69, 9.17) is 4.74 Å². The number of aromatic hydroxyl groups is 1. The molecule has 0 atom stereocenters. The predicted octanol–water partition coefficient (Wildman–Crippen LogP) is 8.08. The molecule has 5 rings (SSSR count). The van der Waals surface area contributed by atoms with Gasteiger partial charge in [-0.15, -0.1) is 0 Å². The lowest BCUT2D eigenvalue weighted by atomic mass is 9.84. The highest BCUT2D eigenvalue weighted by Crippen LogP contribution is 2.33. The molecule has 182 valence electrons. The maximum atomic E-state index is 13.6. The molecule has 0 aromatic heterocycles. The molecule has 4 heteroatoms. The van der Waals surface area contributed by atoms with Crippen LogP contribution in [0, 0.1) is 0 Å². The predicted molar refractivity (Wildman–Crippen MR) is 144 cm³/mol. The Morgan fingerprint density at radius 2 is 1.47 bits per heavy atom. The number of phenols is 1. The molecule has 4 aromatic carbocycles. The molecular formula is C32H31NO3. The van der Waals surface area contributed by atoms with Gasteiger partial charge in [0.25, 0.3) is 5.91 Å². The minimum atomic E-state index is -0.136. The molecule has 1 fully saturated rings. The van der Waals surface area contributed by atoms with Gasteiger partial charge in [-0.3, -0.25) is 4.79 Å². The first-order valence-electron chi connectivity index (χ1n) is 12.7. The van der Waals surface area contributed by atoms with Gasteiger partial charge in [0, 0.05) is 17.3 Å². The topological polar surface area (TPSA) is 49.8 Å². The fourth-order valence-electron chi connectivity index (χ4n) is 4.90. The first kappa shape index (κ1) is 23.7. The van der Waals surface area contributed by atoms with Crippen LogP contribution in [0.1, 0.15) is 59.5 Å². The molecule has 36 heavy (non-hydrogen) atoms. The Kier molecular flexibility index (Phi) is 7.32. The summed E-state index contributed by atoms with van der Waals surface area (Å²) in [4.78, 5) is 15.4. The van der Waals surface area contributed by atoms with Gasteiger partial charge < -0.3 is 14.7 Å². The Labute approximate surface area is 212 Å². The van der Waals surface area contributed by atoms with Crippen LogP contribution >= 0.6 is 0 Å². The number of hydrogen-bond donors (Lipinski definition) is 1. The smallest absolute Gasteiger partial charge is 0.258 e. The van der Waals surface area contributed by atoms with Crippen LogP contribution in [0.3, 0.4) is 0 Å². The number of benzene rings is 4. The summed E-state index contributed by atoms with van der Waals surface area (Å²) in [6, 6.07) is 32.3. The van der Waals surface area contributed by atoms with Gasteiger partial charge in [-0.2, -0.15) is 0 Å². The number of para-hydroxylation sites is 1. The van der Waals surface area contributed by atoms with Gasteiger partial charge in [-0.25, -0.2) is 0 Å². The Balaban J connectivity index is 1.36. The van der Waals surface area contributed by atoms with Gasteiger partial charge in [0.2, 0.25) is 0 Å². The van der Waals surface area contributed by atoms with E-state index in [9.17, 15) is 9.90 Å². The fourth-order valence-corrected chi connectivity index (χ4v) is 4.90. The molecule has 0 aliphatic heterocycles. The zero-order valence-electron chi connectivity index (χ0n) is 20.3. The van der Waals surface area contributed by atoms with Crippen molar-refractivity contribution in [3.63, 3.8) is 0 Å². The zero-order valence-corrected chi connectivity index (χ0v) is 20.3. The maximum absolute atomic E-state index is 13.6. The second kappa shape index (κ2) is 11.1. The van der Waals surface area contributed by atoms with E-state index >= 15 is 0 Å².